The van der Waals surface area contributed by atoms with Gasteiger partial charge in [0.1, 0.15) is 0 Å². The van der Waals surface area contributed by atoms with E-state index >= 15 is 0 Å². The maximum atomic E-state index is 12.0. The lowest BCUT2D eigenvalue weighted by Gasteiger charge is -2.38. The molecular weight excluding hydrogens is 254 g/mol. The second-order valence-electron chi connectivity index (χ2n) is 5.69. The predicted molar refractivity (Wildman–Crippen MR) is 75.5 cm³/mol. The number of nitrogens with one attached hydrogen (secondary N) is 2. The summed E-state index contributed by atoms with van der Waals surface area (Å²) in [5, 5.41) is 6.32. The van der Waals surface area contributed by atoms with E-state index in [4.69, 9.17) is 4.74 Å². The standard InChI is InChI=1S/C15H21N3O2/c19-14(12-3-2-7-16-9-12)18-10-13-4-1-5-15(20-13)6-8-17-11-15/h2-3,7,9,13,17H,1,4-6,8,10-11H2,(H,18,19)/t13-,15-/m1/s1. The Kier molecular flexibility index (Phi) is 3.98. The van der Waals surface area contributed by atoms with E-state index in [0.717, 1.165) is 32.4 Å². The summed E-state index contributed by atoms with van der Waals surface area (Å²) >= 11 is 0. The van der Waals surface area contributed by atoms with Crippen LogP contribution in [0.2, 0.25) is 0 Å². The fourth-order valence-corrected chi connectivity index (χ4v) is 3.11. The highest BCUT2D eigenvalue weighted by molar-refractivity contribution is 5.93. The largest absolute Gasteiger partial charge is 0.369 e. The molecule has 1 amide bonds. The van der Waals surface area contributed by atoms with Gasteiger partial charge in [-0.25, -0.2) is 0 Å². The first kappa shape index (κ1) is 13.5. The first-order chi connectivity index (χ1) is 9.77. The number of carbonyl (C=O) groups excluding carboxylic acids is 1. The zero-order valence-corrected chi connectivity index (χ0v) is 11.6. The number of hydrogen-bond donors (Lipinski definition) is 2. The molecule has 0 aliphatic carbocycles. The van der Waals surface area contributed by atoms with Gasteiger partial charge in [0, 0.05) is 25.5 Å². The number of pyridine rings is 1. The number of hydrogen-bond acceptors (Lipinski definition) is 4. The summed E-state index contributed by atoms with van der Waals surface area (Å²) in [6, 6.07) is 3.54. The van der Waals surface area contributed by atoms with Crippen molar-refractivity contribution in [1.29, 1.82) is 0 Å². The van der Waals surface area contributed by atoms with Crippen LogP contribution in [0.25, 0.3) is 0 Å². The molecule has 2 saturated heterocycles. The van der Waals surface area contributed by atoms with Gasteiger partial charge in [-0.2, -0.15) is 0 Å². The first-order valence-corrected chi connectivity index (χ1v) is 7.34. The molecule has 0 aromatic carbocycles. The van der Waals surface area contributed by atoms with E-state index < -0.39 is 0 Å². The quantitative estimate of drug-likeness (QED) is 0.867. The summed E-state index contributed by atoms with van der Waals surface area (Å²) in [6.45, 7) is 2.56. The average Bonchev–Trinajstić information content (AvgIpc) is 2.93. The second-order valence-corrected chi connectivity index (χ2v) is 5.69. The lowest BCUT2D eigenvalue weighted by atomic mass is 9.90. The van der Waals surface area contributed by atoms with Crippen molar-refractivity contribution in [2.45, 2.75) is 37.4 Å². The summed E-state index contributed by atoms with van der Waals surface area (Å²) in [5.74, 6) is -0.0779. The van der Waals surface area contributed by atoms with Gasteiger partial charge in [-0.05, 0) is 44.4 Å². The van der Waals surface area contributed by atoms with Gasteiger partial charge in [-0.3, -0.25) is 9.78 Å². The van der Waals surface area contributed by atoms with E-state index in [0.29, 0.717) is 12.1 Å². The zero-order valence-electron chi connectivity index (χ0n) is 11.6. The van der Waals surface area contributed by atoms with Crippen molar-refractivity contribution in [3.05, 3.63) is 30.1 Å². The van der Waals surface area contributed by atoms with E-state index in [1.54, 1.807) is 24.5 Å². The molecule has 0 bridgehead atoms. The molecule has 3 heterocycles. The van der Waals surface area contributed by atoms with Crippen LogP contribution in [0.15, 0.2) is 24.5 Å². The Labute approximate surface area is 119 Å². The fourth-order valence-electron chi connectivity index (χ4n) is 3.11. The van der Waals surface area contributed by atoms with Crippen LogP contribution in [0.4, 0.5) is 0 Å². The number of amides is 1. The Bertz CT molecular complexity index is 457. The van der Waals surface area contributed by atoms with Crippen LogP contribution in [-0.2, 0) is 4.74 Å². The lowest BCUT2D eigenvalue weighted by Crippen LogP contribution is -2.46. The van der Waals surface area contributed by atoms with Gasteiger partial charge in [0.05, 0.1) is 17.3 Å². The van der Waals surface area contributed by atoms with Crippen LogP contribution in [0.5, 0.6) is 0 Å². The van der Waals surface area contributed by atoms with Crippen LogP contribution in [-0.4, -0.2) is 42.2 Å². The summed E-state index contributed by atoms with van der Waals surface area (Å²) in [7, 11) is 0. The van der Waals surface area contributed by atoms with Crippen LogP contribution < -0.4 is 10.6 Å². The predicted octanol–water partition coefficient (Wildman–Crippen LogP) is 1.11. The molecule has 1 aromatic rings. The molecule has 2 atom stereocenters. The maximum absolute atomic E-state index is 12.0. The van der Waals surface area contributed by atoms with Crippen LogP contribution in [0, 0.1) is 0 Å². The third-order valence-corrected chi connectivity index (χ3v) is 4.19. The molecule has 0 unspecified atom stereocenters. The Morgan fingerprint density at radius 1 is 1.55 bits per heavy atom. The van der Waals surface area contributed by atoms with Crippen LogP contribution >= 0.6 is 0 Å². The van der Waals surface area contributed by atoms with Gasteiger partial charge in [-0.15, -0.1) is 0 Å². The lowest BCUT2D eigenvalue weighted by molar-refractivity contribution is -0.113. The monoisotopic (exact) mass is 275 g/mol. The van der Waals surface area contributed by atoms with Crippen LogP contribution in [0.1, 0.15) is 36.0 Å². The van der Waals surface area contributed by atoms with Gasteiger partial charge in [0.2, 0.25) is 0 Å². The van der Waals surface area contributed by atoms with Gasteiger partial charge in [-0.1, -0.05) is 0 Å². The molecule has 108 valence electrons. The second kappa shape index (κ2) is 5.89. The molecule has 1 spiro atoms. The average molecular weight is 275 g/mol. The summed E-state index contributed by atoms with van der Waals surface area (Å²) in [6.07, 6.45) is 7.79. The smallest absolute Gasteiger partial charge is 0.252 e. The number of carbonyl (C=O) groups is 1. The van der Waals surface area contributed by atoms with Crippen molar-refractivity contribution in [3.8, 4) is 0 Å². The van der Waals surface area contributed by atoms with Crippen LogP contribution in [0.3, 0.4) is 0 Å². The molecule has 0 radical (unpaired) electrons. The number of aromatic nitrogens is 1. The molecule has 20 heavy (non-hydrogen) atoms. The maximum Gasteiger partial charge on any atom is 0.252 e. The molecular formula is C15H21N3O2. The van der Waals surface area contributed by atoms with Gasteiger partial charge in [0.25, 0.3) is 5.91 Å². The Morgan fingerprint density at radius 3 is 3.25 bits per heavy atom. The molecule has 1 aromatic heterocycles. The van der Waals surface area contributed by atoms with Gasteiger partial charge >= 0.3 is 0 Å². The first-order valence-electron chi connectivity index (χ1n) is 7.34. The minimum atomic E-state index is -0.0779. The van der Waals surface area contributed by atoms with Crippen molar-refractivity contribution in [2.75, 3.05) is 19.6 Å². The highest BCUT2D eigenvalue weighted by Gasteiger charge is 2.39. The van der Waals surface area contributed by atoms with E-state index in [9.17, 15) is 4.79 Å². The topological polar surface area (TPSA) is 63.2 Å². The minimum absolute atomic E-state index is 0.0158. The molecule has 3 rings (SSSR count). The van der Waals surface area contributed by atoms with Crippen molar-refractivity contribution in [1.82, 2.24) is 15.6 Å². The minimum Gasteiger partial charge on any atom is -0.369 e. The van der Waals surface area contributed by atoms with Crippen molar-refractivity contribution >= 4 is 5.91 Å². The summed E-state index contributed by atoms with van der Waals surface area (Å²) in [5.41, 5.74) is 0.614. The van der Waals surface area contributed by atoms with E-state index in [1.807, 2.05) is 0 Å². The fraction of sp³-hybridized carbons (Fsp3) is 0.600. The Balaban J connectivity index is 1.52. The van der Waals surface area contributed by atoms with E-state index in [2.05, 4.69) is 15.6 Å². The molecule has 0 saturated carbocycles. The summed E-state index contributed by atoms with van der Waals surface area (Å²) in [4.78, 5) is 15.9. The van der Waals surface area contributed by atoms with Gasteiger partial charge < -0.3 is 15.4 Å². The normalized spacial score (nSPS) is 29.5. The molecule has 2 aliphatic heterocycles. The Hall–Kier alpha value is -1.46. The number of rotatable bonds is 3. The molecule has 5 nitrogen and oxygen atoms in total. The zero-order chi connectivity index (χ0) is 13.8. The molecule has 5 heteroatoms. The Morgan fingerprint density at radius 2 is 2.50 bits per heavy atom. The number of ether oxygens (including phenoxy) is 1. The highest BCUT2D eigenvalue weighted by atomic mass is 16.5. The SMILES string of the molecule is O=C(NC[C@H]1CCC[C@]2(CCNC2)O1)c1cccnc1. The van der Waals surface area contributed by atoms with E-state index in [-0.39, 0.29) is 17.6 Å². The van der Waals surface area contributed by atoms with Crippen molar-refractivity contribution in [3.63, 3.8) is 0 Å². The third-order valence-electron chi connectivity index (χ3n) is 4.19. The molecule has 2 fully saturated rings. The molecule has 2 aliphatic rings. The van der Waals surface area contributed by atoms with Gasteiger partial charge in [0.15, 0.2) is 0 Å². The molecule has 2 N–H and O–H groups in total. The summed E-state index contributed by atoms with van der Waals surface area (Å²) < 4.78 is 6.23. The van der Waals surface area contributed by atoms with Crippen molar-refractivity contribution < 1.29 is 9.53 Å². The van der Waals surface area contributed by atoms with Crippen molar-refractivity contribution in [2.24, 2.45) is 0 Å². The third kappa shape index (κ3) is 2.99. The number of nitrogens with zero attached hydrogens (tertiary/aromatic N) is 1. The van der Waals surface area contributed by atoms with E-state index in [1.165, 1.54) is 6.42 Å². The highest BCUT2D eigenvalue weighted by Crippen LogP contribution is 2.33.